The number of hydrogen-bond donors (Lipinski definition) is 1. The molecular weight excluding hydrogens is 375 g/mol. The monoisotopic (exact) mass is 398 g/mol. The zero-order valence-electron chi connectivity index (χ0n) is 15.5. The van der Waals surface area contributed by atoms with Crippen molar-refractivity contribution in [2.24, 2.45) is 0 Å². The van der Waals surface area contributed by atoms with Crippen LogP contribution in [0.4, 0.5) is 9.18 Å². The van der Waals surface area contributed by atoms with E-state index in [0.29, 0.717) is 18.0 Å². The predicted molar refractivity (Wildman–Crippen MR) is 99.3 cm³/mol. The second kappa shape index (κ2) is 9.69. The van der Waals surface area contributed by atoms with Crippen molar-refractivity contribution in [3.8, 4) is 0 Å². The van der Waals surface area contributed by atoms with E-state index in [9.17, 15) is 18.8 Å². The highest BCUT2D eigenvalue weighted by Gasteiger charge is 2.34. The van der Waals surface area contributed by atoms with Gasteiger partial charge in [-0.25, -0.2) is 9.18 Å². The minimum atomic E-state index is -1.14. The molecule has 0 spiro atoms. The number of carbonyl (C=O) groups is 3. The van der Waals surface area contributed by atoms with Gasteiger partial charge < -0.3 is 10.1 Å². The number of aryl methyl sites for hydroxylation is 1. The van der Waals surface area contributed by atoms with Crippen LogP contribution in [0.5, 0.6) is 0 Å². The number of ketones is 1. The summed E-state index contributed by atoms with van der Waals surface area (Å²) in [5, 5.41) is 3.07. The molecule has 0 bridgehead atoms. The summed E-state index contributed by atoms with van der Waals surface area (Å²) in [6, 6.07) is 3.72. The number of nitrogens with one attached hydrogen (secondary N) is 1. The van der Waals surface area contributed by atoms with E-state index in [4.69, 9.17) is 16.3 Å². The van der Waals surface area contributed by atoms with Crippen molar-refractivity contribution in [1.29, 1.82) is 0 Å². The molecule has 148 valence electrons. The number of Topliss-reactive ketones (excluding diaryl/α,β-unsaturated/α-hetero) is 1. The van der Waals surface area contributed by atoms with Crippen LogP contribution in [0.3, 0.4) is 0 Å². The number of nitrogens with zero attached hydrogens (tertiary/aromatic N) is 1. The minimum absolute atomic E-state index is 0.0421. The molecular formula is C19H24ClFN2O4. The lowest BCUT2D eigenvalue weighted by molar-refractivity contribution is -0.131. The number of ether oxygens (including phenoxy) is 1. The summed E-state index contributed by atoms with van der Waals surface area (Å²) in [4.78, 5) is 37.6. The van der Waals surface area contributed by atoms with Crippen molar-refractivity contribution >= 4 is 29.4 Å². The quantitative estimate of drug-likeness (QED) is 0.798. The van der Waals surface area contributed by atoms with Crippen LogP contribution in [0.25, 0.3) is 0 Å². The number of alkyl halides is 1. The van der Waals surface area contributed by atoms with Gasteiger partial charge >= 0.3 is 6.09 Å². The van der Waals surface area contributed by atoms with Crippen LogP contribution in [-0.2, 0) is 20.9 Å². The number of likely N-dealkylation sites (tertiary alicyclic amines) is 1. The number of carbonyl (C=O) groups excluding carboxylic acids is 3. The van der Waals surface area contributed by atoms with Crippen LogP contribution >= 0.6 is 11.6 Å². The number of amides is 2. The summed E-state index contributed by atoms with van der Waals surface area (Å²) >= 11 is 6.07. The molecule has 0 aliphatic carbocycles. The molecule has 1 aliphatic rings. The number of benzene rings is 1. The molecule has 2 atom stereocenters. The largest absolute Gasteiger partial charge is 0.445 e. The third-order valence-corrected chi connectivity index (χ3v) is 5.02. The van der Waals surface area contributed by atoms with Gasteiger partial charge in [-0.1, -0.05) is 23.7 Å². The van der Waals surface area contributed by atoms with Crippen LogP contribution < -0.4 is 5.32 Å². The Balaban J connectivity index is 1.98. The van der Waals surface area contributed by atoms with Crippen LogP contribution in [-0.4, -0.2) is 48.0 Å². The average Bonchev–Trinajstić information content (AvgIpc) is 2.67. The van der Waals surface area contributed by atoms with Gasteiger partial charge in [0.25, 0.3) is 0 Å². The molecule has 1 fully saturated rings. The number of halogens is 2. The highest BCUT2D eigenvalue weighted by atomic mass is 35.5. The molecule has 1 heterocycles. The van der Waals surface area contributed by atoms with E-state index in [1.807, 2.05) is 19.1 Å². The Hall–Kier alpha value is -2.15. The highest BCUT2D eigenvalue weighted by Crippen LogP contribution is 2.20. The van der Waals surface area contributed by atoms with E-state index in [-0.39, 0.29) is 6.61 Å². The maximum Gasteiger partial charge on any atom is 0.410 e. The van der Waals surface area contributed by atoms with Gasteiger partial charge in [-0.05, 0) is 50.3 Å². The van der Waals surface area contributed by atoms with Gasteiger partial charge in [0.15, 0.2) is 5.78 Å². The lowest BCUT2D eigenvalue weighted by Crippen LogP contribution is -2.54. The Labute approximate surface area is 163 Å². The van der Waals surface area contributed by atoms with E-state index >= 15 is 0 Å². The third kappa shape index (κ3) is 5.66. The average molecular weight is 399 g/mol. The lowest BCUT2D eigenvalue weighted by Gasteiger charge is -2.34. The van der Waals surface area contributed by atoms with Gasteiger partial charge in [0.05, 0.1) is 6.04 Å². The van der Waals surface area contributed by atoms with Crippen molar-refractivity contribution in [2.75, 3.05) is 13.2 Å². The van der Waals surface area contributed by atoms with Crippen LogP contribution in [0.1, 0.15) is 37.3 Å². The topological polar surface area (TPSA) is 75.7 Å². The second-order valence-electron chi connectivity index (χ2n) is 6.67. The first-order valence-electron chi connectivity index (χ1n) is 8.91. The summed E-state index contributed by atoms with van der Waals surface area (Å²) in [5.74, 6) is -1.18. The van der Waals surface area contributed by atoms with E-state index in [1.165, 1.54) is 11.8 Å². The highest BCUT2D eigenvalue weighted by molar-refractivity contribution is 6.31. The Morgan fingerprint density at radius 2 is 2.11 bits per heavy atom. The fraction of sp³-hybridized carbons (Fsp3) is 0.526. The molecule has 2 rings (SSSR count). The van der Waals surface area contributed by atoms with Crippen molar-refractivity contribution < 1.29 is 23.5 Å². The summed E-state index contributed by atoms with van der Waals surface area (Å²) in [5.41, 5.74) is 1.68. The van der Waals surface area contributed by atoms with E-state index in [2.05, 4.69) is 5.32 Å². The molecule has 2 amide bonds. The number of piperidine rings is 1. The second-order valence-corrected chi connectivity index (χ2v) is 7.08. The molecule has 27 heavy (non-hydrogen) atoms. The van der Waals surface area contributed by atoms with Gasteiger partial charge in [-0.3, -0.25) is 14.5 Å². The molecule has 1 saturated heterocycles. The lowest BCUT2D eigenvalue weighted by atomic mass is 10.0. The molecule has 1 aliphatic heterocycles. The molecule has 6 nitrogen and oxygen atoms in total. The Bertz CT molecular complexity index is 713. The molecule has 1 unspecified atom stereocenters. The first kappa shape index (κ1) is 21.2. The first-order chi connectivity index (χ1) is 12.8. The van der Waals surface area contributed by atoms with Crippen molar-refractivity contribution in [1.82, 2.24) is 10.2 Å². The third-order valence-electron chi connectivity index (χ3n) is 4.61. The normalized spacial score (nSPS) is 17.9. The maximum atomic E-state index is 12.5. The predicted octanol–water partition coefficient (Wildman–Crippen LogP) is 3.18. The van der Waals surface area contributed by atoms with Gasteiger partial charge in [-0.2, -0.15) is 0 Å². The van der Waals surface area contributed by atoms with E-state index in [0.717, 1.165) is 24.0 Å². The summed E-state index contributed by atoms with van der Waals surface area (Å²) in [7, 11) is 0. The van der Waals surface area contributed by atoms with Crippen LogP contribution in [0.15, 0.2) is 18.2 Å². The molecule has 1 aromatic rings. The minimum Gasteiger partial charge on any atom is -0.445 e. The Morgan fingerprint density at radius 3 is 2.78 bits per heavy atom. The molecule has 8 heteroatoms. The standard InChI is InChI=1S/C19H24ClFN2O4/c1-12-6-7-14(9-15(12)20)11-27-19(26)23-8-4-3-5-16(23)18(25)22-13(2)17(24)10-21/h6-7,9,13,16H,3-5,8,10-11H2,1-2H3,(H,22,25)/t13?,16-/m0/s1. The van der Waals surface area contributed by atoms with Gasteiger partial charge in [0, 0.05) is 11.6 Å². The SMILES string of the molecule is Cc1ccc(COC(=O)N2CCCC[C@H]2C(=O)NC(C)C(=O)CF)cc1Cl. The van der Waals surface area contributed by atoms with Crippen molar-refractivity contribution in [3.63, 3.8) is 0 Å². The molecule has 0 saturated carbocycles. The molecule has 0 radical (unpaired) electrons. The van der Waals surface area contributed by atoms with Gasteiger partial charge in [0.1, 0.15) is 19.3 Å². The summed E-state index contributed by atoms with van der Waals surface area (Å²) in [6.07, 6.45) is 1.40. The molecule has 1 N–H and O–H groups in total. The number of rotatable bonds is 6. The fourth-order valence-corrected chi connectivity index (χ4v) is 3.09. The van der Waals surface area contributed by atoms with E-state index < -0.39 is 36.5 Å². The fourth-order valence-electron chi connectivity index (χ4n) is 2.88. The number of hydrogen-bond acceptors (Lipinski definition) is 4. The van der Waals surface area contributed by atoms with Gasteiger partial charge in [-0.15, -0.1) is 0 Å². The maximum absolute atomic E-state index is 12.5. The van der Waals surface area contributed by atoms with Crippen LogP contribution in [0.2, 0.25) is 5.02 Å². The van der Waals surface area contributed by atoms with Crippen molar-refractivity contribution in [3.05, 3.63) is 34.3 Å². The zero-order valence-corrected chi connectivity index (χ0v) is 16.2. The van der Waals surface area contributed by atoms with Gasteiger partial charge in [0.2, 0.25) is 5.91 Å². The first-order valence-corrected chi connectivity index (χ1v) is 9.28. The van der Waals surface area contributed by atoms with Crippen molar-refractivity contribution in [2.45, 2.75) is 51.8 Å². The summed E-state index contributed by atoms with van der Waals surface area (Å²) < 4.78 is 17.8. The Morgan fingerprint density at radius 1 is 1.37 bits per heavy atom. The smallest absolute Gasteiger partial charge is 0.410 e. The molecule has 1 aromatic carbocycles. The van der Waals surface area contributed by atoms with Crippen LogP contribution in [0, 0.1) is 6.92 Å². The molecule has 0 aromatic heterocycles. The zero-order chi connectivity index (χ0) is 20.0. The summed E-state index contributed by atoms with van der Waals surface area (Å²) in [6.45, 7) is 2.59. The van der Waals surface area contributed by atoms with E-state index in [1.54, 1.807) is 6.07 Å². The Kier molecular flexibility index (Phi) is 7.59.